The zero-order chi connectivity index (χ0) is 10.2. The van der Waals surface area contributed by atoms with Crippen molar-refractivity contribution in [1.29, 1.82) is 0 Å². The second-order valence-corrected chi connectivity index (χ2v) is 5.53. The van der Waals surface area contributed by atoms with Gasteiger partial charge in [-0.25, -0.2) is 18.4 Å². The molecule has 1 heterocycles. The van der Waals surface area contributed by atoms with E-state index in [4.69, 9.17) is 11.6 Å². The van der Waals surface area contributed by atoms with Crippen LogP contribution in [0.1, 0.15) is 5.69 Å². The lowest BCUT2D eigenvalue weighted by Crippen LogP contribution is -2.05. The number of hydrogen-bond acceptors (Lipinski definition) is 4. The van der Waals surface area contributed by atoms with Crippen LogP contribution in [0.5, 0.6) is 0 Å². The molecule has 0 aromatic carbocycles. The molecule has 1 aromatic rings. The van der Waals surface area contributed by atoms with Crippen LogP contribution in [0.15, 0.2) is 9.63 Å². The van der Waals surface area contributed by atoms with Crippen LogP contribution >= 0.6 is 27.5 Å². The van der Waals surface area contributed by atoms with E-state index in [1.807, 2.05) is 0 Å². The highest BCUT2D eigenvalue weighted by atomic mass is 79.9. The SMILES string of the molecule is Cc1nc(S(C)(=O)=O)nc(Cl)c1Br. The van der Waals surface area contributed by atoms with Crippen LogP contribution in [0.4, 0.5) is 0 Å². The third-order valence-corrected chi connectivity index (χ3v) is 3.58. The third kappa shape index (κ3) is 2.38. The summed E-state index contributed by atoms with van der Waals surface area (Å²) in [7, 11) is -3.39. The van der Waals surface area contributed by atoms with Crippen molar-refractivity contribution < 1.29 is 8.42 Å². The molecular formula is C6H6BrClN2O2S. The number of hydrogen-bond donors (Lipinski definition) is 0. The number of aryl methyl sites for hydroxylation is 1. The van der Waals surface area contributed by atoms with E-state index >= 15 is 0 Å². The summed E-state index contributed by atoms with van der Waals surface area (Å²) in [4.78, 5) is 7.40. The summed E-state index contributed by atoms with van der Waals surface area (Å²) < 4.78 is 22.6. The van der Waals surface area contributed by atoms with E-state index in [9.17, 15) is 8.42 Å². The van der Waals surface area contributed by atoms with Gasteiger partial charge in [0.2, 0.25) is 15.0 Å². The fourth-order valence-electron chi connectivity index (χ4n) is 0.666. The molecule has 7 heteroatoms. The lowest BCUT2D eigenvalue weighted by molar-refractivity contribution is 0.592. The van der Waals surface area contributed by atoms with E-state index in [1.165, 1.54) is 0 Å². The Bertz CT molecular complexity index is 423. The lowest BCUT2D eigenvalue weighted by atomic mass is 10.5. The largest absolute Gasteiger partial charge is 0.248 e. The van der Waals surface area contributed by atoms with Gasteiger partial charge in [-0.2, -0.15) is 0 Å². The van der Waals surface area contributed by atoms with Crippen molar-refractivity contribution in [1.82, 2.24) is 9.97 Å². The second-order valence-electron chi connectivity index (χ2n) is 2.47. The number of aromatic nitrogens is 2. The maximum absolute atomic E-state index is 11.0. The van der Waals surface area contributed by atoms with Crippen LogP contribution in [-0.2, 0) is 9.84 Å². The van der Waals surface area contributed by atoms with Crippen LogP contribution in [0.2, 0.25) is 5.15 Å². The van der Waals surface area contributed by atoms with Crippen molar-refractivity contribution in [3.63, 3.8) is 0 Å². The predicted octanol–water partition coefficient (Wildman–Crippen LogP) is 1.60. The van der Waals surface area contributed by atoms with E-state index in [2.05, 4.69) is 25.9 Å². The Labute approximate surface area is 89.4 Å². The summed E-state index contributed by atoms with van der Waals surface area (Å²) in [5.41, 5.74) is 0.500. The van der Waals surface area contributed by atoms with Crippen molar-refractivity contribution in [2.24, 2.45) is 0 Å². The predicted molar refractivity (Wildman–Crippen MR) is 52.6 cm³/mol. The maximum Gasteiger partial charge on any atom is 0.248 e. The second kappa shape index (κ2) is 3.51. The first-order valence-corrected chi connectivity index (χ1v) is 6.28. The lowest BCUT2D eigenvalue weighted by Gasteiger charge is -2.02. The summed E-state index contributed by atoms with van der Waals surface area (Å²) in [5.74, 6) is 0. The fourth-order valence-corrected chi connectivity index (χ4v) is 1.67. The normalized spacial score (nSPS) is 11.7. The van der Waals surface area contributed by atoms with Gasteiger partial charge in [-0.1, -0.05) is 11.6 Å². The number of nitrogens with zero attached hydrogens (tertiary/aromatic N) is 2. The number of sulfone groups is 1. The number of rotatable bonds is 1. The molecule has 0 radical (unpaired) electrons. The fraction of sp³-hybridized carbons (Fsp3) is 0.333. The molecule has 0 spiro atoms. The summed E-state index contributed by atoms with van der Waals surface area (Å²) in [6.45, 7) is 1.65. The smallest absolute Gasteiger partial charge is 0.222 e. The minimum atomic E-state index is -3.39. The molecule has 0 unspecified atom stereocenters. The molecular weight excluding hydrogens is 280 g/mol. The van der Waals surface area contributed by atoms with Crippen molar-refractivity contribution in [2.45, 2.75) is 12.1 Å². The Morgan fingerprint density at radius 1 is 1.38 bits per heavy atom. The van der Waals surface area contributed by atoms with Crippen molar-refractivity contribution in [2.75, 3.05) is 6.26 Å². The molecule has 0 saturated carbocycles. The highest BCUT2D eigenvalue weighted by molar-refractivity contribution is 9.10. The van der Waals surface area contributed by atoms with Crippen LogP contribution < -0.4 is 0 Å². The van der Waals surface area contributed by atoms with Gasteiger partial charge in [0.1, 0.15) is 5.15 Å². The Balaban J connectivity index is 3.47. The van der Waals surface area contributed by atoms with E-state index in [1.54, 1.807) is 6.92 Å². The monoisotopic (exact) mass is 284 g/mol. The highest BCUT2D eigenvalue weighted by Crippen LogP contribution is 2.23. The molecule has 0 atom stereocenters. The van der Waals surface area contributed by atoms with Gasteiger partial charge in [-0.15, -0.1) is 0 Å². The molecule has 13 heavy (non-hydrogen) atoms. The molecule has 0 aliphatic heterocycles. The average molecular weight is 286 g/mol. The molecule has 0 aliphatic rings. The first-order chi connectivity index (χ1) is 5.82. The summed E-state index contributed by atoms with van der Waals surface area (Å²) >= 11 is 8.79. The topological polar surface area (TPSA) is 59.9 Å². The first kappa shape index (κ1) is 10.9. The van der Waals surface area contributed by atoms with Crippen molar-refractivity contribution in [3.05, 3.63) is 15.3 Å². The van der Waals surface area contributed by atoms with E-state index in [-0.39, 0.29) is 10.3 Å². The molecule has 4 nitrogen and oxygen atoms in total. The third-order valence-electron chi connectivity index (χ3n) is 1.29. The van der Waals surface area contributed by atoms with E-state index < -0.39 is 9.84 Å². The zero-order valence-corrected chi connectivity index (χ0v) is 10.0. The molecule has 1 rings (SSSR count). The van der Waals surface area contributed by atoms with E-state index in [0.717, 1.165) is 6.26 Å². The van der Waals surface area contributed by atoms with Gasteiger partial charge >= 0.3 is 0 Å². The first-order valence-electron chi connectivity index (χ1n) is 3.22. The minimum Gasteiger partial charge on any atom is -0.222 e. The Hall–Kier alpha value is -0.200. The van der Waals surface area contributed by atoms with Crippen LogP contribution in [0.3, 0.4) is 0 Å². The molecule has 0 aliphatic carbocycles. The highest BCUT2D eigenvalue weighted by Gasteiger charge is 2.15. The van der Waals surface area contributed by atoms with Crippen LogP contribution in [-0.4, -0.2) is 24.6 Å². The van der Waals surface area contributed by atoms with Gasteiger partial charge in [0.25, 0.3) is 0 Å². The summed E-state index contributed by atoms with van der Waals surface area (Å²) in [5, 5.41) is -0.147. The Morgan fingerprint density at radius 3 is 2.31 bits per heavy atom. The molecule has 1 aromatic heterocycles. The quantitative estimate of drug-likeness (QED) is 0.581. The molecule has 0 saturated heterocycles. The minimum absolute atomic E-state index is 0.105. The van der Waals surface area contributed by atoms with Gasteiger partial charge in [0.05, 0.1) is 10.2 Å². The molecule has 72 valence electrons. The van der Waals surface area contributed by atoms with Gasteiger partial charge in [-0.05, 0) is 22.9 Å². The van der Waals surface area contributed by atoms with E-state index in [0.29, 0.717) is 10.2 Å². The maximum atomic E-state index is 11.0. The van der Waals surface area contributed by atoms with Gasteiger partial charge in [0, 0.05) is 6.26 Å². The molecule has 0 amide bonds. The van der Waals surface area contributed by atoms with Gasteiger partial charge in [0.15, 0.2) is 0 Å². The van der Waals surface area contributed by atoms with Crippen molar-refractivity contribution >= 4 is 37.4 Å². The molecule has 0 N–H and O–H groups in total. The van der Waals surface area contributed by atoms with Crippen molar-refractivity contribution in [3.8, 4) is 0 Å². The number of halogens is 2. The Morgan fingerprint density at radius 2 is 1.92 bits per heavy atom. The standard InChI is InChI=1S/C6H6BrClN2O2S/c1-3-4(7)5(8)10-6(9-3)13(2,11)12/h1-2H3. The molecule has 0 bridgehead atoms. The van der Waals surface area contributed by atoms with Crippen LogP contribution in [0.25, 0.3) is 0 Å². The van der Waals surface area contributed by atoms with Gasteiger partial charge < -0.3 is 0 Å². The Kier molecular flexibility index (Phi) is 2.94. The van der Waals surface area contributed by atoms with Gasteiger partial charge in [-0.3, -0.25) is 0 Å². The van der Waals surface area contributed by atoms with Crippen LogP contribution in [0, 0.1) is 6.92 Å². The summed E-state index contributed by atoms with van der Waals surface area (Å²) in [6, 6.07) is 0. The zero-order valence-electron chi connectivity index (χ0n) is 6.88. The average Bonchev–Trinajstić information content (AvgIpc) is 1.97. The summed E-state index contributed by atoms with van der Waals surface area (Å²) in [6.07, 6.45) is 1.03. The molecule has 0 fully saturated rings.